The van der Waals surface area contributed by atoms with E-state index >= 15 is 0 Å². The Labute approximate surface area is 126 Å². The second kappa shape index (κ2) is 7.38. The summed E-state index contributed by atoms with van der Waals surface area (Å²) in [6.45, 7) is 0.873. The van der Waals surface area contributed by atoms with Crippen molar-refractivity contribution in [3.8, 4) is 0 Å². The number of rotatable bonds is 6. The van der Waals surface area contributed by atoms with Crippen molar-refractivity contribution < 1.29 is 18.3 Å². The van der Waals surface area contributed by atoms with E-state index < -0.39 is 22.1 Å². The highest BCUT2D eigenvalue weighted by Crippen LogP contribution is 2.21. The number of nitrogens with zero attached hydrogens (tertiary/aromatic N) is 1. The van der Waals surface area contributed by atoms with E-state index in [-0.39, 0.29) is 6.54 Å². The van der Waals surface area contributed by atoms with Crippen molar-refractivity contribution in [2.24, 2.45) is 5.92 Å². The lowest BCUT2D eigenvalue weighted by Gasteiger charge is -2.29. The molecule has 2 rings (SSSR count). The Hall–Kier alpha value is -0.920. The average molecular weight is 316 g/mol. The fourth-order valence-corrected chi connectivity index (χ4v) is 4.21. The fourth-order valence-electron chi connectivity index (χ4n) is 2.93. The minimum atomic E-state index is -3.56. The van der Waals surface area contributed by atoms with Crippen molar-refractivity contribution in [1.82, 2.24) is 9.03 Å². The number of carboxylic acids is 1. The molecule has 0 amide bonds. The van der Waals surface area contributed by atoms with E-state index in [1.54, 1.807) is 0 Å². The molecule has 0 spiro atoms. The van der Waals surface area contributed by atoms with Crippen molar-refractivity contribution >= 4 is 16.2 Å². The highest BCUT2D eigenvalue weighted by atomic mass is 32.2. The third-order valence-electron chi connectivity index (χ3n) is 4.19. The monoisotopic (exact) mass is 316 g/mol. The lowest BCUT2D eigenvalue weighted by Crippen LogP contribution is -2.47. The molecule has 0 aromatic rings. The maximum atomic E-state index is 12.2. The van der Waals surface area contributed by atoms with Crippen molar-refractivity contribution in [1.29, 1.82) is 0 Å². The molecule has 21 heavy (non-hydrogen) atoms. The van der Waals surface area contributed by atoms with Crippen LogP contribution in [0, 0.1) is 5.92 Å². The van der Waals surface area contributed by atoms with Crippen LogP contribution in [0.5, 0.6) is 0 Å². The number of nitrogens with one attached hydrogen (secondary N) is 1. The van der Waals surface area contributed by atoms with Crippen LogP contribution in [0.3, 0.4) is 0 Å². The zero-order valence-corrected chi connectivity index (χ0v) is 13.1. The molecule has 7 heteroatoms. The third kappa shape index (κ3) is 4.79. The molecular formula is C14H24N2O4S. The van der Waals surface area contributed by atoms with Gasteiger partial charge in [-0.2, -0.15) is 12.7 Å². The number of carbonyl (C=O) groups is 1. The summed E-state index contributed by atoms with van der Waals surface area (Å²) in [6.07, 6.45) is 8.66. The Morgan fingerprint density at radius 2 is 2.19 bits per heavy atom. The van der Waals surface area contributed by atoms with E-state index in [0.717, 1.165) is 19.3 Å². The Bertz CT molecular complexity index is 501. The maximum absolute atomic E-state index is 12.2. The van der Waals surface area contributed by atoms with Gasteiger partial charge in [0, 0.05) is 19.6 Å². The fraction of sp³-hybridized carbons (Fsp3) is 0.786. The average Bonchev–Trinajstić information content (AvgIpc) is 2.48. The molecule has 0 bridgehead atoms. The number of allylic oxidation sites excluding steroid dienone is 1. The molecule has 2 N–H and O–H groups in total. The number of carboxylic acid groups (broad SMARTS) is 1. The van der Waals surface area contributed by atoms with Crippen molar-refractivity contribution in [3.05, 3.63) is 11.6 Å². The molecule has 1 unspecified atom stereocenters. The minimum Gasteiger partial charge on any atom is -0.481 e. The van der Waals surface area contributed by atoms with Crippen molar-refractivity contribution in [2.75, 3.05) is 19.6 Å². The molecule has 1 saturated heterocycles. The lowest BCUT2D eigenvalue weighted by molar-refractivity contribution is -0.142. The molecule has 1 atom stereocenters. The van der Waals surface area contributed by atoms with Crippen LogP contribution in [-0.2, 0) is 15.0 Å². The summed E-state index contributed by atoms with van der Waals surface area (Å²) < 4.78 is 28.3. The van der Waals surface area contributed by atoms with Gasteiger partial charge in [0.2, 0.25) is 0 Å². The molecule has 2 aliphatic rings. The number of piperidine rings is 1. The van der Waals surface area contributed by atoms with Crippen LogP contribution in [0.25, 0.3) is 0 Å². The largest absolute Gasteiger partial charge is 0.481 e. The van der Waals surface area contributed by atoms with Gasteiger partial charge in [0.1, 0.15) is 0 Å². The van der Waals surface area contributed by atoms with E-state index in [0.29, 0.717) is 25.9 Å². The molecule has 6 nitrogen and oxygen atoms in total. The number of aliphatic carboxylic acids is 1. The van der Waals surface area contributed by atoms with Gasteiger partial charge < -0.3 is 5.11 Å². The Morgan fingerprint density at radius 3 is 2.86 bits per heavy atom. The van der Waals surface area contributed by atoms with E-state index in [4.69, 9.17) is 5.11 Å². The summed E-state index contributed by atoms with van der Waals surface area (Å²) in [6, 6.07) is 0. The molecule has 0 saturated carbocycles. The van der Waals surface area contributed by atoms with Gasteiger partial charge in [0.05, 0.1) is 5.92 Å². The second-order valence-electron chi connectivity index (χ2n) is 5.79. The highest BCUT2D eigenvalue weighted by molar-refractivity contribution is 7.87. The normalized spacial score (nSPS) is 24.6. The molecule has 0 aromatic carbocycles. The number of hydrogen-bond donors (Lipinski definition) is 2. The smallest absolute Gasteiger partial charge is 0.307 e. The van der Waals surface area contributed by atoms with E-state index in [1.807, 2.05) is 0 Å². The quantitative estimate of drug-likeness (QED) is 0.727. The van der Waals surface area contributed by atoms with Crippen LogP contribution in [-0.4, -0.2) is 43.4 Å². The predicted molar refractivity (Wildman–Crippen MR) is 80.0 cm³/mol. The zero-order chi connectivity index (χ0) is 15.3. The third-order valence-corrected chi connectivity index (χ3v) is 5.77. The van der Waals surface area contributed by atoms with Crippen molar-refractivity contribution in [3.63, 3.8) is 0 Å². The van der Waals surface area contributed by atoms with Gasteiger partial charge in [-0.05, 0) is 44.9 Å². The van der Waals surface area contributed by atoms with Gasteiger partial charge in [0.15, 0.2) is 0 Å². The SMILES string of the molecule is O=C(O)C1CCCN(S(=O)(=O)NCCC2=CCCCC2)C1. The second-order valence-corrected chi connectivity index (χ2v) is 7.55. The molecule has 120 valence electrons. The van der Waals surface area contributed by atoms with E-state index in [1.165, 1.54) is 22.7 Å². The first kappa shape index (κ1) is 16.5. The molecule has 1 aliphatic carbocycles. The zero-order valence-electron chi connectivity index (χ0n) is 12.3. The van der Waals surface area contributed by atoms with E-state index in [9.17, 15) is 13.2 Å². The summed E-state index contributed by atoms with van der Waals surface area (Å²) in [7, 11) is -3.56. The van der Waals surface area contributed by atoms with Crippen LogP contribution < -0.4 is 4.72 Å². The van der Waals surface area contributed by atoms with Gasteiger partial charge >= 0.3 is 5.97 Å². The molecule has 0 aromatic heterocycles. The molecular weight excluding hydrogens is 292 g/mol. The molecule has 0 radical (unpaired) electrons. The van der Waals surface area contributed by atoms with Crippen LogP contribution in [0.4, 0.5) is 0 Å². The summed E-state index contributed by atoms with van der Waals surface area (Å²) >= 11 is 0. The lowest BCUT2D eigenvalue weighted by atomic mass is 9.97. The highest BCUT2D eigenvalue weighted by Gasteiger charge is 2.31. The first-order chi connectivity index (χ1) is 9.99. The Balaban J connectivity index is 1.83. The van der Waals surface area contributed by atoms with Gasteiger partial charge in [0.25, 0.3) is 10.2 Å². The molecule has 1 aliphatic heterocycles. The van der Waals surface area contributed by atoms with Crippen LogP contribution >= 0.6 is 0 Å². The van der Waals surface area contributed by atoms with Crippen LogP contribution in [0.2, 0.25) is 0 Å². The van der Waals surface area contributed by atoms with Gasteiger partial charge in [-0.1, -0.05) is 11.6 Å². The predicted octanol–water partition coefficient (Wildman–Crippen LogP) is 1.51. The number of hydrogen-bond acceptors (Lipinski definition) is 3. The van der Waals surface area contributed by atoms with Crippen LogP contribution in [0.15, 0.2) is 11.6 Å². The van der Waals surface area contributed by atoms with Gasteiger partial charge in [-0.15, -0.1) is 0 Å². The topological polar surface area (TPSA) is 86.7 Å². The summed E-state index contributed by atoms with van der Waals surface area (Å²) in [5.74, 6) is -1.50. The summed E-state index contributed by atoms with van der Waals surface area (Å²) in [5.41, 5.74) is 1.33. The Kier molecular flexibility index (Phi) is 5.78. The first-order valence-electron chi connectivity index (χ1n) is 7.64. The molecule has 1 fully saturated rings. The summed E-state index contributed by atoms with van der Waals surface area (Å²) in [5, 5.41) is 9.02. The van der Waals surface area contributed by atoms with Crippen molar-refractivity contribution in [2.45, 2.75) is 44.9 Å². The van der Waals surface area contributed by atoms with E-state index in [2.05, 4.69) is 10.8 Å². The van der Waals surface area contributed by atoms with Gasteiger partial charge in [-0.25, -0.2) is 4.72 Å². The minimum absolute atomic E-state index is 0.0767. The van der Waals surface area contributed by atoms with Crippen LogP contribution in [0.1, 0.15) is 44.9 Å². The van der Waals surface area contributed by atoms with Gasteiger partial charge in [-0.3, -0.25) is 4.79 Å². The first-order valence-corrected chi connectivity index (χ1v) is 9.08. The molecule has 1 heterocycles. The standard InChI is InChI=1S/C14H24N2O4S/c17-14(18)13-7-4-10-16(11-13)21(19,20)15-9-8-12-5-2-1-3-6-12/h5,13,15H,1-4,6-11H2,(H,17,18). The maximum Gasteiger partial charge on any atom is 0.307 e. The Morgan fingerprint density at radius 1 is 1.38 bits per heavy atom. The summed E-state index contributed by atoms with van der Waals surface area (Å²) in [4.78, 5) is 11.0.